The summed E-state index contributed by atoms with van der Waals surface area (Å²) in [5, 5.41) is 26.0. The number of furan rings is 1. The van der Waals surface area contributed by atoms with E-state index in [4.69, 9.17) is 34.1 Å². The fourth-order valence-electron chi connectivity index (χ4n) is 2.10. The van der Waals surface area contributed by atoms with Crippen LogP contribution in [-0.4, -0.2) is 41.9 Å². The molecule has 0 saturated carbocycles. The Morgan fingerprint density at radius 3 is 1.73 bits per heavy atom. The molecule has 0 unspecified atom stereocenters. The molecule has 0 aliphatic heterocycles. The monoisotopic (exact) mass is 520 g/mol. The van der Waals surface area contributed by atoms with Crippen molar-refractivity contribution < 1.29 is 34.1 Å². The van der Waals surface area contributed by atoms with Crippen molar-refractivity contribution in [1.82, 2.24) is 0 Å². The van der Waals surface area contributed by atoms with Crippen molar-refractivity contribution in [2.75, 3.05) is 0 Å². The number of carboxylic acid groups (broad SMARTS) is 3. The fraction of sp³-hybridized carbons (Fsp3) is 0.227. The van der Waals surface area contributed by atoms with E-state index >= 15 is 0 Å². The molecule has 0 atom stereocenters. The average Bonchev–Trinajstić information content (AvgIpc) is 3.12. The van der Waals surface area contributed by atoms with E-state index in [0.29, 0.717) is 5.41 Å². The van der Waals surface area contributed by atoms with E-state index in [0.717, 1.165) is 5.58 Å². The standard InChI is InChI=1S/C10H13.C9H8O.3CH2O2.Sn/c1-10(2,3)9-7-5-4-6-8-9;1-7-6-10-9-5-3-2-4-8(7)9;3*2-1-3;/h4-8H,1H2,2-3H3;2-6H,1H3;3*1H,(H,2,3);/q;;;;;+3/p-3. The van der Waals surface area contributed by atoms with Crippen molar-refractivity contribution in [2.45, 2.75) is 30.6 Å². The van der Waals surface area contributed by atoms with Gasteiger partial charge in [0.15, 0.2) is 0 Å². The van der Waals surface area contributed by atoms with Gasteiger partial charge in [-0.3, -0.25) is 0 Å². The number of rotatable bonds is 2. The van der Waals surface area contributed by atoms with Gasteiger partial charge in [-0.15, -0.1) is 0 Å². The van der Waals surface area contributed by atoms with E-state index in [9.17, 15) is 0 Å². The van der Waals surface area contributed by atoms with Crippen LogP contribution in [-0.2, 0) is 19.8 Å². The topological polar surface area (TPSA) is 134 Å². The zero-order chi connectivity index (χ0) is 23.4. The van der Waals surface area contributed by atoms with Crippen molar-refractivity contribution >= 4 is 52.9 Å². The second-order valence-corrected chi connectivity index (χ2v) is 7.14. The summed E-state index contributed by atoms with van der Waals surface area (Å²) in [6.07, 6.45) is 1.78. The largest absolute Gasteiger partial charge is 0.554 e. The van der Waals surface area contributed by atoms with Crippen molar-refractivity contribution in [3.05, 3.63) is 72.0 Å². The minimum Gasteiger partial charge on any atom is -0.554 e. The predicted octanol–water partition coefficient (Wildman–Crippen LogP) is 0.391. The van der Waals surface area contributed by atoms with Gasteiger partial charge in [-0.2, -0.15) is 0 Å². The SMILES string of the molecule is CC(C)([CH2][Sn+3])c1ccccc1.Cc1coc2ccccc12.O=C[O-].O=C[O-].O=C[O-]. The molecule has 2 aromatic carbocycles. The Labute approximate surface area is 189 Å². The number of hydrogen-bond donors (Lipinski definition) is 0. The van der Waals surface area contributed by atoms with Gasteiger partial charge in [-0.1, -0.05) is 18.2 Å². The Morgan fingerprint density at radius 2 is 1.30 bits per heavy atom. The van der Waals surface area contributed by atoms with Crippen LogP contribution in [0.3, 0.4) is 0 Å². The molecule has 1 heterocycles. The van der Waals surface area contributed by atoms with Gasteiger partial charge in [-0.05, 0) is 18.6 Å². The summed E-state index contributed by atoms with van der Waals surface area (Å²) in [6, 6.07) is 18.8. The van der Waals surface area contributed by atoms with E-state index in [1.165, 1.54) is 20.9 Å². The van der Waals surface area contributed by atoms with E-state index in [2.05, 4.69) is 50.2 Å². The van der Waals surface area contributed by atoms with Gasteiger partial charge in [0.2, 0.25) is 0 Å². The first kappa shape index (κ1) is 29.4. The summed E-state index contributed by atoms with van der Waals surface area (Å²) >= 11 is 1.62. The smallest absolute Gasteiger partial charge is 0.134 e. The van der Waals surface area contributed by atoms with Crippen LogP contribution in [0.4, 0.5) is 0 Å². The van der Waals surface area contributed by atoms with Crippen molar-refractivity contribution in [2.24, 2.45) is 0 Å². The number of carbonyl (C=O) groups excluding carboxylic acids is 3. The van der Waals surface area contributed by atoms with Crippen LogP contribution in [0.25, 0.3) is 11.0 Å². The fourth-order valence-corrected chi connectivity index (χ4v) is 2.68. The molecule has 0 fully saturated rings. The Balaban J connectivity index is 0. The molecule has 30 heavy (non-hydrogen) atoms. The van der Waals surface area contributed by atoms with Crippen LogP contribution >= 0.6 is 0 Å². The van der Waals surface area contributed by atoms with E-state index in [1.807, 2.05) is 25.1 Å². The van der Waals surface area contributed by atoms with Crippen LogP contribution in [0.2, 0.25) is 4.44 Å². The molecule has 0 aliphatic rings. The first-order valence-corrected chi connectivity index (χ1v) is 10.6. The number of hydrogen-bond acceptors (Lipinski definition) is 7. The number of fused-ring (bicyclic) bond motifs is 1. The van der Waals surface area contributed by atoms with Crippen LogP contribution in [0, 0.1) is 6.92 Å². The Hall–Kier alpha value is -2.81. The molecule has 3 rings (SSSR count). The number of para-hydroxylation sites is 1. The quantitative estimate of drug-likeness (QED) is 0.354. The van der Waals surface area contributed by atoms with Crippen LogP contribution < -0.4 is 15.3 Å². The Bertz CT molecular complexity index is 815. The minimum absolute atomic E-state index is 0.375. The summed E-state index contributed by atoms with van der Waals surface area (Å²) in [6.45, 7) is 5.15. The second-order valence-electron chi connectivity index (χ2n) is 6.13. The number of aryl methyl sites for hydroxylation is 1. The van der Waals surface area contributed by atoms with Crippen molar-refractivity contribution in [3.63, 3.8) is 0 Å². The van der Waals surface area contributed by atoms with Crippen LogP contribution in [0.15, 0.2) is 65.3 Å². The first-order chi connectivity index (χ1) is 14.3. The maximum Gasteiger partial charge on any atom is 0.134 e. The molecule has 0 radical (unpaired) electrons. The zero-order valence-corrected chi connectivity index (χ0v) is 19.9. The first-order valence-electron chi connectivity index (χ1n) is 8.59. The molecular formula is C22H24O7Sn. The van der Waals surface area contributed by atoms with Gasteiger partial charge in [0, 0.05) is 24.8 Å². The van der Waals surface area contributed by atoms with Gasteiger partial charge in [0.1, 0.15) is 5.58 Å². The predicted molar refractivity (Wildman–Crippen MR) is 109 cm³/mol. The normalized spacial score (nSPS) is 8.97. The maximum absolute atomic E-state index is 8.25. The van der Waals surface area contributed by atoms with E-state index in [-0.39, 0.29) is 0 Å². The molecule has 0 aliphatic carbocycles. The second kappa shape index (κ2) is 18.2. The maximum atomic E-state index is 8.25. The summed E-state index contributed by atoms with van der Waals surface area (Å²) in [5.41, 5.74) is 4.01. The third-order valence-corrected chi connectivity index (χ3v) is 6.19. The van der Waals surface area contributed by atoms with Gasteiger partial charge >= 0.3 is 82.1 Å². The van der Waals surface area contributed by atoms with Crippen LogP contribution in [0.5, 0.6) is 0 Å². The molecule has 0 saturated heterocycles. The molecule has 7 nitrogen and oxygen atoms in total. The molecule has 1 aromatic heterocycles. The van der Waals surface area contributed by atoms with Crippen molar-refractivity contribution in [1.29, 1.82) is 0 Å². The molecule has 0 bridgehead atoms. The van der Waals surface area contributed by atoms with E-state index < -0.39 is 19.4 Å². The summed E-state index contributed by atoms with van der Waals surface area (Å²) in [5.74, 6) is 0. The molecule has 3 aromatic rings. The van der Waals surface area contributed by atoms with Gasteiger partial charge < -0.3 is 34.1 Å². The van der Waals surface area contributed by atoms with Gasteiger partial charge in [-0.25, -0.2) is 0 Å². The average molecular weight is 519 g/mol. The third-order valence-electron chi connectivity index (χ3n) is 3.67. The van der Waals surface area contributed by atoms with Crippen LogP contribution in [0.1, 0.15) is 25.0 Å². The molecule has 0 spiro atoms. The van der Waals surface area contributed by atoms with E-state index in [1.54, 1.807) is 28.8 Å². The van der Waals surface area contributed by atoms with Gasteiger partial charge in [0.05, 0.1) is 6.26 Å². The number of benzene rings is 2. The van der Waals surface area contributed by atoms with Gasteiger partial charge in [0.25, 0.3) is 0 Å². The zero-order valence-electron chi connectivity index (χ0n) is 17.1. The molecule has 158 valence electrons. The molecule has 0 N–H and O–H groups in total. The Kier molecular flexibility index (Phi) is 17.9. The number of carbonyl (C=O) groups is 3. The molecule has 8 heteroatoms. The summed E-state index contributed by atoms with van der Waals surface area (Å²) < 4.78 is 6.53. The van der Waals surface area contributed by atoms with Crippen molar-refractivity contribution in [3.8, 4) is 0 Å². The summed E-state index contributed by atoms with van der Waals surface area (Å²) in [4.78, 5) is 24.8. The Morgan fingerprint density at radius 1 is 0.867 bits per heavy atom. The third kappa shape index (κ3) is 12.6. The molecular weight excluding hydrogens is 495 g/mol. The molecule has 0 amide bonds. The minimum atomic E-state index is -0.500. The summed E-state index contributed by atoms with van der Waals surface area (Å²) in [7, 11) is 0.